The zero-order valence-corrected chi connectivity index (χ0v) is 19.2. The molecule has 0 saturated carbocycles. The fourth-order valence-corrected chi connectivity index (χ4v) is 6.12. The minimum absolute atomic E-state index is 0.0451. The van der Waals surface area contributed by atoms with Crippen molar-refractivity contribution in [2.24, 2.45) is 5.92 Å². The number of carbonyl (C=O) groups excluding carboxylic acids is 1. The summed E-state index contributed by atoms with van der Waals surface area (Å²) < 4.78 is 7.98. The molecule has 0 radical (unpaired) electrons. The third kappa shape index (κ3) is 2.86. The predicted molar refractivity (Wildman–Crippen MR) is 128 cm³/mol. The van der Waals surface area contributed by atoms with E-state index in [2.05, 4.69) is 57.8 Å². The van der Waals surface area contributed by atoms with Crippen LogP contribution in [-0.4, -0.2) is 45.0 Å². The Balaban J connectivity index is 1.43. The van der Waals surface area contributed by atoms with Crippen molar-refractivity contribution in [2.75, 3.05) is 13.7 Å². The highest BCUT2D eigenvalue weighted by atomic mass is 16.5. The maximum absolute atomic E-state index is 13.6. The smallest absolute Gasteiger partial charge is 0.254 e. The quantitative estimate of drug-likeness (QED) is 0.501. The zero-order valence-electron chi connectivity index (χ0n) is 19.2. The largest absolute Gasteiger partial charge is 0.495 e. The number of carbonyl (C=O) groups is 1. The molecule has 1 amide bonds. The molecule has 1 fully saturated rings. The maximum atomic E-state index is 13.6. The van der Waals surface area contributed by atoms with E-state index in [9.17, 15) is 4.79 Å². The normalized spacial score (nSPS) is 24.0. The first kappa shape index (κ1) is 20.1. The van der Waals surface area contributed by atoms with Gasteiger partial charge in [0.1, 0.15) is 5.75 Å². The average molecular weight is 441 g/mol. The lowest BCUT2D eigenvalue weighted by atomic mass is 9.58. The van der Waals surface area contributed by atoms with Gasteiger partial charge in [-0.25, -0.2) is 4.98 Å². The standard InChI is InChI=1S/C27H28N4O2/c1-17-22-15-18-7-9-23(33-3)25(30-11-4-5-12-30)24(18)27(17,2)10-13-31(22)26(32)19-6-8-20-21(14-19)29-16-28-20/h4-9,11-12,14,16-17,22H,10,13,15H2,1-3H3,(H,28,29)/t17-,22-,27-/m1/s1. The van der Waals surface area contributed by atoms with Crippen LogP contribution in [0.15, 0.2) is 61.2 Å². The van der Waals surface area contributed by atoms with Crippen LogP contribution in [0.3, 0.4) is 0 Å². The third-order valence-electron chi connectivity index (χ3n) is 8.09. The predicted octanol–water partition coefficient (Wildman–Crippen LogP) is 4.73. The van der Waals surface area contributed by atoms with Crippen LogP contribution in [0.1, 0.15) is 41.8 Å². The van der Waals surface area contributed by atoms with Crippen LogP contribution >= 0.6 is 0 Å². The average Bonchev–Trinajstić information content (AvgIpc) is 3.52. The molecule has 1 saturated heterocycles. The van der Waals surface area contributed by atoms with Gasteiger partial charge in [0.25, 0.3) is 5.91 Å². The van der Waals surface area contributed by atoms with Crippen LogP contribution in [-0.2, 0) is 11.8 Å². The molecule has 2 aliphatic rings. The van der Waals surface area contributed by atoms with Gasteiger partial charge in [0.05, 0.1) is 30.2 Å². The van der Waals surface area contributed by atoms with Crippen molar-refractivity contribution in [3.05, 3.63) is 77.9 Å². The van der Waals surface area contributed by atoms with E-state index in [4.69, 9.17) is 4.74 Å². The lowest BCUT2D eigenvalue weighted by Crippen LogP contribution is -2.59. The summed E-state index contributed by atoms with van der Waals surface area (Å²) in [4.78, 5) is 23.2. The number of amides is 1. The third-order valence-corrected chi connectivity index (χ3v) is 8.09. The first-order chi connectivity index (χ1) is 16.0. The van der Waals surface area contributed by atoms with Crippen molar-refractivity contribution in [3.8, 4) is 11.4 Å². The number of ether oxygens (including phenoxy) is 1. The van der Waals surface area contributed by atoms with Gasteiger partial charge in [-0.2, -0.15) is 0 Å². The van der Waals surface area contributed by atoms with E-state index in [1.165, 1.54) is 11.1 Å². The van der Waals surface area contributed by atoms with Crippen molar-refractivity contribution in [1.82, 2.24) is 19.4 Å². The Kier molecular flexibility index (Phi) is 4.41. The molecule has 168 valence electrons. The van der Waals surface area contributed by atoms with E-state index < -0.39 is 0 Å². The van der Waals surface area contributed by atoms with Gasteiger partial charge in [0.15, 0.2) is 0 Å². The fraction of sp³-hybridized carbons (Fsp3) is 0.333. The van der Waals surface area contributed by atoms with Gasteiger partial charge in [-0.1, -0.05) is 19.9 Å². The van der Waals surface area contributed by atoms with Crippen LogP contribution < -0.4 is 4.74 Å². The molecule has 1 N–H and O–H groups in total. The molecule has 6 nitrogen and oxygen atoms in total. The number of aromatic nitrogens is 3. The molecule has 2 aromatic heterocycles. The second-order valence-corrected chi connectivity index (χ2v) is 9.60. The molecule has 4 aromatic rings. The lowest BCUT2D eigenvalue weighted by molar-refractivity contribution is 0.0250. The van der Waals surface area contributed by atoms with Crippen LogP contribution in [0.5, 0.6) is 5.75 Å². The highest BCUT2D eigenvalue weighted by molar-refractivity contribution is 5.97. The number of likely N-dealkylation sites (tertiary alicyclic amines) is 1. The molecular weight excluding hydrogens is 412 g/mol. The number of methoxy groups -OCH3 is 1. The van der Waals surface area contributed by atoms with Gasteiger partial charge >= 0.3 is 0 Å². The van der Waals surface area contributed by atoms with Crippen molar-refractivity contribution in [3.63, 3.8) is 0 Å². The summed E-state index contributed by atoms with van der Waals surface area (Å²) in [5.74, 6) is 1.32. The Morgan fingerprint density at radius 1 is 1.21 bits per heavy atom. The number of benzene rings is 2. The van der Waals surface area contributed by atoms with Crippen molar-refractivity contribution in [1.29, 1.82) is 0 Å². The van der Waals surface area contributed by atoms with E-state index in [0.717, 1.165) is 47.4 Å². The molecule has 2 aromatic carbocycles. The van der Waals surface area contributed by atoms with Gasteiger partial charge in [-0.05, 0) is 66.3 Å². The Hall–Kier alpha value is -3.54. The molecule has 1 aliphatic heterocycles. The number of nitrogens with one attached hydrogen (secondary N) is 1. The monoisotopic (exact) mass is 440 g/mol. The molecule has 2 bridgehead atoms. The fourth-order valence-electron chi connectivity index (χ4n) is 6.12. The van der Waals surface area contributed by atoms with Crippen LogP contribution in [0.25, 0.3) is 16.7 Å². The first-order valence-electron chi connectivity index (χ1n) is 11.6. The number of imidazole rings is 1. The van der Waals surface area contributed by atoms with Gasteiger partial charge in [-0.3, -0.25) is 4.79 Å². The molecule has 0 unspecified atom stereocenters. The number of rotatable bonds is 3. The van der Waals surface area contributed by atoms with E-state index in [1.807, 2.05) is 30.3 Å². The van der Waals surface area contributed by atoms with Gasteiger partial charge in [-0.15, -0.1) is 0 Å². The summed E-state index contributed by atoms with van der Waals surface area (Å²) in [5.41, 5.74) is 6.27. The van der Waals surface area contributed by atoms with E-state index in [0.29, 0.717) is 5.92 Å². The summed E-state index contributed by atoms with van der Waals surface area (Å²) in [6.07, 6.45) is 7.60. The number of fused-ring (bicyclic) bond motifs is 5. The highest BCUT2D eigenvalue weighted by Gasteiger charge is 2.51. The summed E-state index contributed by atoms with van der Waals surface area (Å²) >= 11 is 0. The lowest BCUT2D eigenvalue weighted by Gasteiger charge is -2.55. The van der Waals surface area contributed by atoms with E-state index in [1.54, 1.807) is 13.4 Å². The topological polar surface area (TPSA) is 63.1 Å². The van der Waals surface area contributed by atoms with E-state index >= 15 is 0 Å². The molecule has 1 aliphatic carbocycles. The SMILES string of the molecule is COc1ccc2c(c1-n1cccc1)[C@]1(C)CCN(C(=O)c3ccc4nc[nH]c4c3)[C@H](C2)[C@H]1C. The van der Waals surface area contributed by atoms with Crippen LogP contribution in [0.2, 0.25) is 0 Å². The number of hydrogen-bond donors (Lipinski definition) is 1. The van der Waals surface area contributed by atoms with Crippen LogP contribution in [0.4, 0.5) is 0 Å². The van der Waals surface area contributed by atoms with E-state index in [-0.39, 0.29) is 17.4 Å². The van der Waals surface area contributed by atoms with Gasteiger partial charge < -0.3 is 19.2 Å². The molecule has 6 heteroatoms. The summed E-state index contributed by atoms with van der Waals surface area (Å²) in [6, 6.07) is 14.3. The minimum Gasteiger partial charge on any atom is -0.495 e. The zero-order chi connectivity index (χ0) is 22.7. The number of H-pyrrole nitrogens is 1. The molecule has 3 atom stereocenters. The minimum atomic E-state index is -0.0451. The molecule has 6 rings (SSSR count). The Morgan fingerprint density at radius 3 is 2.82 bits per heavy atom. The summed E-state index contributed by atoms with van der Waals surface area (Å²) in [7, 11) is 1.74. The van der Waals surface area contributed by atoms with Crippen molar-refractivity contribution in [2.45, 2.75) is 38.1 Å². The maximum Gasteiger partial charge on any atom is 0.254 e. The second-order valence-electron chi connectivity index (χ2n) is 9.60. The molecule has 3 heterocycles. The molecule has 0 spiro atoms. The van der Waals surface area contributed by atoms with Crippen molar-refractivity contribution >= 4 is 16.9 Å². The van der Waals surface area contributed by atoms with Crippen molar-refractivity contribution < 1.29 is 9.53 Å². The Morgan fingerprint density at radius 2 is 2.03 bits per heavy atom. The number of hydrogen-bond acceptors (Lipinski definition) is 3. The highest BCUT2D eigenvalue weighted by Crippen LogP contribution is 2.52. The van der Waals surface area contributed by atoms with Gasteiger partial charge in [0, 0.05) is 36.0 Å². The molecular formula is C27H28N4O2. The first-order valence-corrected chi connectivity index (χ1v) is 11.6. The Labute approximate surface area is 193 Å². The summed E-state index contributed by atoms with van der Waals surface area (Å²) in [5, 5.41) is 0. The number of piperidine rings is 1. The second kappa shape index (κ2) is 7.24. The van der Waals surface area contributed by atoms with Crippen LogP contribution in [0, 0.1) is 5.92 Å². The number of aromatic amines is 1. The molecule has 33 heavy (non-hydrogen) atoms. The Bertz CT molecular complexity index is 1360. The van der Waals surface area contributed by atoms with Gasteiger partial charge in [0.2, 0.25) is 0 Å². The number of nitrogens with zero attached hydrogens (tertiary/aromatic N) is 3. The summed E-state index contributed by atoms with van der Waals surface area (Å²) in [6.45, 7) is 5.42.